The summed E-state index contributed by atoms with van der Waals surface area (Å²) in [6, 6.07) is 5.83. The summed E-state index contributed by atoms with van der Waals surface area (Å²) >= 11 is 0. The van der Waals surface area contributed by atoms with Crippen molar-refractivity contribution in [1.29, 1.82) is 0 Å². The second-order valence-electron chi connectivity index (χ2n) is 7.64. The van der Waals surface area contributed by atoms with Crippen LogP contribution in [0.4, 0.5) is 10.5 Å². The number of amides is 3. The molecule has 0 saturated carbocycles. The number of hydrogen-bond acceptors (Lipinski definition) is 5. The highest BCUT2D eigenvalue weighted by atomic mass is 16.2. The molecule has 0 bridgehead atoms. The van der Waals surface area contributed by atoms with Crippen LogP contribution in [0.25, 0.3) is 0 Å². The van der Waals surface area contributed by atoms with Crippen molar-refractivity contribution < 1.29 is 9.59 Å². The minimum Gasteiger partial charge on any atom is -0.343 e. The minimum absolute atomic E-state index is 0.0912. The first kappa shape index (κ1) is 16.4. The van der Waals surface area contributed by atoms with Gasteiger partial charge in [0.1, 0.15) is 18.5 Å². The van der Waals surface area contributed by atoms with Gasteiger partial charge in [0.15, 0.2) is 0 Å². The first-order chi connectivity index (χ1) is 11.8. The highest BCUT2D eigenvalue weighted by molar-refractivity contribution is 6.00. The molecular weight excluding hydrogens is 318 g/mol. The molecule has 3 heterocycles. The first-order valence-corrected chi connectivity index (χ1v) is 8.79. The number of nitrogens with zero attached hydrogens (tertiary/aromatic N) is 3. The van der Waals surface area contributed by atoms with Gasteiger partial charge >= 0.3 is 6.03 Å². The van der Waals surface area contributed by atoms with Gasteiger partial charge in [0.2, 0.25) is 5.91 Å². The summed E-state index contributed by atoms with van der Waals surface area (Å²) in [5, 5.41) is 5.98. The van der Waals surface area contributed by atoms with E-state index in [0.29, 0.717) is 5.92 Å². The van der Waals surface area contributed by atoms with E-state index in [9.17, 15) is 9.59 Å². The number of nitrogens with one attached hydrogen (secondary N) is 2. The molecule has 3 fully saturated rings. The van der Waals surface area contributed by atoms with Crippen LogP contribution >= 0.6 is 0 Å². The third-order valence-corrected chi connectivity index (χ3v) is 5.39. The number of benzene rings is 1. The zero-order valence-electron chi connectivity index (χ0n) is 15.1. The first-order valence-electron chi connectivity index (χ1n) is 8.79. The Morgan fingerprint density at radius 1 is 1.08 bits per heavy atom. The SMILES string of the molecule is Cc1cc(C)cc(N2CC(C)CN3C4C(=O)NC(=O)N(C)C4NC23)c1. The number of imide groups is 1. The molecule has 4 unspecified atom stereocenters. The molecule has 7 heteroatoms. The molecule has 0 aromatic heterocycles. The lowest BCUT2D eigenvalue weighted by atomic mass is 10.0. The fraction of sp³-hybridized carbons (Fsp3) is 0.556. The molecule has 2 N–H and O–H groups in total. The van der Waals surface area contributed by atoms with Crippen molar-refractivity contribution in [3.63, 3.8) is 0 Å². The molecule has 7 nitrogen and oxygen atoms in total. The Bertz CT molecular complexity index is 716. The Kier molecular flexibility index (Phi) is 3.73. The highest BCUT2D eigenvalue weighted by Gasteiger charge is 2.54. The van der Waals surface area contributed by atoms with Crippen LogP contribution in [0.3, 0.4) is 0 Å². The molecule has 0 radical (unpaired) electrons. The predicted molar refractivity (Wildman–Crippen MR) is 94.9 cm³/mol. The Morgan fingerprint density at radius 3 is 2.44 bits per heavy atom. The number of urea groups is 1. The van der Waals surface area contributed by atoms with Crippen LogP contribution in [-0.2, 0) is 4.79 Å². The molecule has 134 valence electrons. The van der Waals surface area contributed by atoms with Gasteiger partial charge in [-0.15, -0.1) is 0 Å². The molecule has 3 amide bonds. The van der Waals surface area contributed by atoms with E-state index in [0.717, 1.165) is 18.8 Å². The quantitative estimate of drug-likeness (QED) is 0.790. The highest BCUT2D eigenvalue weighted by Crippen LogP contribution is 2.33. The Labute approximate surface area is 147 Å². The average Bonchev–Trinajstić information content (AvgIpc) is 2.90. The van der Waals surface area contributed by atoms with Crippen LogP contribution in [0.1, 0.15) is 18.1 Å². The van der Waals surface area contributed by atoms with Crippen LogP contribution in [0, 0.1) is 19.8 Å². The van der Waals surface area contributed by atoms with Crippen LogP contribution in [0.2, 0.25) is 0 Å². The van der Waals surface area contributed by atoms with Gasteiger partial charge in [-0.2, -0.15) is 0 Å². The van der Waals surface area contributed by atoms with E-state index in [4.69, 9.17) is 0 Å². The van der Waals surface area contributed by atoms with Gasteiger partial charge in [0.05, 0.1) is 0 Å². The van der Waals surface area contributed by atoms with Crippen LogP contribution < -0.4 is 15.5 Å². The number of carbonyl (C=O) groups excluding carboxylic acids is 2. The lowest BCUT2D eigenvalue weighted by Gasteiger charge is -2.45. The number of anilines is 1. The van der Waals surface area contributed by atoms with Gasteiger partial charge in [-0.1, -0.05) is 13.0 Å². The Hall–Kier alpha value is -2.12. The third kappa shape index (κ3) is 2.58. The van der Waals surface area contributed by atoms with Crippen LogP contribution in [0.15, 0.2) is 18.2 Å². The molecule has 4 rings (SSSR count). The van der Waals surface area contributed by atoms with Gasteiger partial charge in [-0.3, -0.25) is 20.3 Å². The summed E-state index contributed by atoms with van der Waals surface area (Å²) in [6.07, 6.45) is -0.392. The number of carbonyl (C=O) groups is 2. The predicted octanol–water partition coefficient (Wildman–Crippen LogP) is 0.825. The maximum absolute atomic E-state index is 12.5. The second-order valence-corrected chi connectivity index (χ2v) is 7.64. The standard InChI is InChI=1S/C18H25N5O2/c1-10-5-11(2)7-13(6-10)22-8-12(3)9-23-14-15(19-17(22)23)21(4)18(25)20-16(14)24/h5-7,12,14-15,17,19H,8-9H2,1-4H3,(H,20,24,25). The lowest BCUT2D eigenvalue weighted by molar-refractivity contribution is -0.128. The van der Waals surface area contributed by atoms with E-state index in [-0.39, 0.29) is 30.4 Å². The topological polar surface area (TPSA) is 67.9 Å². The van der Waals surface area contributed by atoms with Gasteiger partial charge < -0.3 is 9.80 Å². The summed E-state index contributed by atoms with van der Waals surface area (Å²) in [7, 11) is 1.73. The lowest BCUT2D eigenvalue weighted by Crippen LogP contribution is -2.65. The summed E-state index contributed by atoms with van der Waals surface area (Å²) in [6.45, 7) is 8.15. The van der Waals surface area contributed by atoms with E-state index in [1.807, 2.05) is 0 Å². The molecule has 1 aromatic rings. The largest absolute Gasteiger partial charge is 0.343 e. The molecule has 3 aliphatic rings. The molecular formula is C18H25N5O2. The van der Waals surface area contributed by atoms with Crippen molar-refractivity contribution >= 4 is 17.6 Å². The third-order valence-electron chi connectivity index (χ3n) is 5.39. The van der Waals surface area contributed by atoms with E-state index in [2.05, 4.69) is 59.4 Å². The van der Waals surface area contributed by atoms with Crippen molar-refractivity contribution in [1.82, 2.24) is 20.4 Å². The molecule has 0 aliphatic carbocycles. The van der Waals surface area contributed by atoms with Gasteiger partial charge in [0, 0.05) is 25.8 Å². The fourth-order valence-electron chi connectivity index (χ4n) is 4.38. The summed E-state index contributed by atoms with van der Waals surface area (Å²) in [4.78, 5) is 30.6. The molecule has 25 heavy (non-hydrogen) atoms. The van der Waals surface area contributed by atoms with E-state index in [1.165, 1.54) is 11.1 Å². The molecule has 4 atom stereocenters. The number of aryl methyl sites for hydroxylation is 2. The van der Waals surface area contributed by atoms with Crippen LogP contribution in [-0.4, -0.2) is 60.4 Å². The van der Waals surface area contributed by atoms with Crippen molar-refractivity contribution in [3.8, 4) is 0 Å². The summed E-state index contributed by atoms with van der Waals surface area (Å²) < 4.78 is 0. The number of likely N-dealkylation sites (N-methyl/N-ethyl adjacent to an activating group) is 1. The van der Waals surface area contributed by atoms with Crippen molar-refractivity contribution in [2.24, 2.45) is 5.92 Å². The summed E-state index contributed by atoms with van der Waals surface area (Å²) in [5.41, 5.74) is 3.60. The zero-order chi connectivity index (χ0) is 17.9. The van der Waals surface area contributed by atoms with E-state index < -0.39 is 0 Å². The maximum Gasteiger partial charge on any atom is 0.325 e. The fourth-order valence-corrected chi connectivity index (χ4v) is 4.38. The Morgan fingerprint density at radius 2 is 1.76 bits per heavy atom. The maximum atomic E-state index is 12.5. The monoisotopic (exact) mass is 343 g/mol. The van der Waals surface area contributed by atoms with Crippen molar-refractivity contribution in [2.75, 3.05) is 25.0 Å². The smallest absolute Gasteiger partial charge is 0.325 e. The number of hydrogen-bond donors (Lipinski definition) is 2. The average molecular weight is 343 g/mol. The molecule has 0 spiro atoms. The molecule has 3 saturated heterocycles. The van der Waals surface area contributed by atoms with Gasteiger partial charge in [-0.05, 0) is 43.0 Å². The second kappa shape index (κ2) is 5.71. The number of rotatable bonds is 1. The van der Waals surface area contributed by atoms with E-state index >= 15 is 0 Å². The van der Waals surface area contributed by atoms with Crippen LogP contribution in [0.5, 0.6) is 0 Å². The van der Waals surface area contributed by atoms with Crippen molar-refractivity contribution in [2.45, 2.75) is 39.3 Å². The van der Waals surface area contributed by atoms with Crippen molar-refractivity contribution in [3.05, 3.63) is 29.3 Å². The number of fused-ring (bicyclic) bond motifs is 3. The summed E-state index contributed by atoms with van der Waals surface area (Å²) in [5.74, 6) is 0.214. The van der Waals surface area contributed by atoms with E-state index in [1.54, 1.807) is 11.9 Å². The van der Waals surface area contributed by atoms with Gasteiger partial charge in [-0.25, -0.2) is 4.79 Å². The Balaban J connectivity index is 1.72. The van der Waals surface area contributed by atoms with Gasteiger partial charge in [0.25, 0.3) is 0 Å². The molecule has 1 aromatic carbocycles. The molecule has 3 aliphatic heterocycles. The normalized spacial score (nSPS) is 32.5. The zero-order valence-corrected chi connectivity index (χ0v) is 15.1. The minimum atomic E-state index is -0.358.